The highest BCUT2D eigenvalue weighted by Crippen LogP contribution is 2.18. The van der Waals surface area contributed by atoms with E-state index in [0.717, 1.165) is 6.08 Å². The average molecular weight is 297 g/mol. The number of aliphatic hydroxyl groups is 2. The highest BCUT2D eigenvalue weighted by Gasteiger charge is 2.33. The van der Waals surface area contributed by atoms with E-state index in [4.69, 9.17) is 14.7 Å². The van der Waals surface area contributed by atoms with Crippen LogP contribution in [0.5, 0.6) is 0 Å². The van der Waals surface area contributed by atoms with Crippen molar-refractivity contribution in [2.24, 2.45) is 5.41 Å². The number of nitriles is 1. The molecule has 0 heterocycles. The van der Waals surface area contributed by atoms with Crippen molar-refractivity contribution in [1.82, 2.24) is 0 Å². The first kappa shape index (κ1) is 18.8. The highest BCUT2D eigenvalue weighted by atomic mass is 16.5. The van der Waals surface area contributed by atoms with Crippen molar-refractivity contribution in [3.05, 3.63) is 24.8 Å². The Bertz CT molecular complexity index is 433. The van der Waals surface area contributed by atoms with Gasteiger partial charge in [-0.2, -0.15) is 5.26 Å². The third kappa shape index (κ3) is 6.70. The maximum atomic E-state index is 11.6. The molecule has 21 heavy (non-hydrogen) atoms. The fraction of sp³-hybridized carbons (Fsp3) is 0.500. The number of ether oxygens (including phenoxy) is 2. The summed E-state index contributed by atoms with van der Waals surface area (Å²) in [6, 6.07) is 1.87. The quantitative estimate of drug-likeness (QED) is 0.433. The standard InChI is InChI=1S/C14H19NO6/c1-3-12(18)20-9-14(7-16,8-17)10-21-13(19)11(2)5-4-6-15/h3,16-17H,1-2,4-5,7-10H2. The van der Waals surface area contributed by atoms with Crippen LogP contribution in [0.1, 0.15) is 12.8 Å². The Balaban J connectivity index is 4.53. The number of rotatable bonds is 10. The van der Waals surface area contributed by atoms with Crippen LogP contribution in [-0.2, 0) is 19.1 Å². The minimum Gasteiger partial charge on any atom is -0.462 e. The molecule has 0 atom stereocenters. The van der Waals surface area contributed by atoms with E-state index in [-0.39, 0.29) is 31.6 Å². The van der Waals surface area contributed by atoms with Gasteiger partial charge in [-0.3, -0.25) is 0 Å². The van der Waals surface area contributed by atoms with E-state index in [9.17, 15) is 19.8 Å². The number of esters is 2. The summed E-state index contributed by atoms with van der Waals surface area (Å²) in [4.78, 5) is 22.6. The van der Waals surface area contributed by atoms with E-state index in [0.29, 0.717) is 0 Å². The summed E-state index contributed by atoms with van der Waals surface area (Å²) < 4.78 is 9.69. The van der Waals surface area contributed by atoms with Crippen molar-refractivity contribution < 1.29 is 29.3 Å². The molecule has 0 aliphatic rings. The second-order valence-electron chi connectivity index (χ2n) is 4.47. The van der Waals surface area contributed by atoms with Crippen LogP contribution in [0, 0.1) is 16.7 Å². The molecule has 0 unspecified atom stereocenters. The average Bonchev–Trinajstić information content (AvgIpc) is 2.52. The molecule has 0 aliphatic carbocycles. The monoisotopic (exact) mass is 297 g/mol. The Kier molecular flexibility index (Phi) is 8.69. The van der Waals surface area contributed by atoms with Crippen molar-refractivity contribution >= 4 is 11.9 Å². The molecule has 0 bridgehead atoms. The number of hydrogen-bond acceptors (Lipinski definition) is 7. The Labute approximate surface area is 123 Å². The zero-order chi connectivity index (χ0) is 16.3. The second kappa shape index (κ2) is 9.69. The van der Waals surface area contributed by atoms with Crippen LogP contribution in [0.2, 0.25) is 0 Å². The molecule has 0 radical (unpaired) electrons. The summed E-state index contributed by atoms with van der Waals surface area (Å²) in [6.07, 6.45) is 1.25. The van der Waals surface area contributed by atoms with Crippen LogP contribution in [0.4, 0.5) is 0 Å². The molecule has 2 N–H and O–H groups in total. The van der Waals surface area contributed by atoms with Gasteiger partial charge in [0.25, 0.3) is 0 Å². The van der Waals surface area contributed by atoms with Crippen LogP contribution in [-0.4, -0.2) is 48.6 Å². The van der Waals surface area contributed by atoms with E-state index < -0.39 is 30.6 Å². The van der Waals surface area contributed by atoms with E-state index in [1.54, 1.807) is 0 Å². The van der Waals surface area contributed by atoms with Crippen molar-refractivity contribution in [2.75, 3.05) is 26.4 Å². The van der Waals surface area contributed by atoms with Crippen LogP contribution in [0.25, 0.3) is 0 Å². The molecule has 0 fully saturated rings. The Hall–Kier alpha value is -2.17. The lowest BCUT2D eigenvalue weighted by Crippen LogP contribution is -2.41. The number of aliphatic hydroxyl groups excluding tert-OH is 2. The summed E-state index contributed by atoms with van der Waals surface area (Å²) in [5.74, 6) is -1.45. The number of carbonyl (C=O) groups is 2. The van der Waals surface area contributed by atoms with Gasteiger partial charge >= 0.3 is 11.9 Å². The predicted octanol–water partition coefficient (Wildman–Crippen LogP) is 0.0898. The molecule has 7 nitrogen and oxygen atoms in total. The van der Waals surface area contributed by atoms with Crippen molar-refractivity contribution in [1.29, 1.82) is 5.26 Å². The summed E-state index contributed by atoms with van der Waals surface area (Å²) in [6.45, 7) is 4.92. The van der Waals surface area contributed by atoms with Gasteiger partial charge in [0.1, 0.15) is 13.2 Å². The molecule has 0 amide bonds. The van der Waals surface area contributed by atoms with Gasteiger partial charge in [0, 0.05) is 18.1 Å². The lowest BCUT2D eigenvalue weighted by atomic mass is 9.92. The first-order valence-electron chi connectivity index (χ1n) is 6.17. The van der Waals surface area contributed by atoms with Crippen molar-refractivity contribution in [2.45, 2.75) is 12.8 Å². The lowest BCUT2D eigenvalue weighted by molar-refractivity contribution is -0.153. The third-order valence-corrected chi connectivity index (χ3v) is 2.69. The smallest absolute Gasteiger partial charge is 0.333 e. The second-order valence-corrected chi connectivity index (χ2v) is 4.47. The van der Waals surface area contributed by atoms with Crippen LogP contribution in [0.15, 0.2) is 24.8 Å². The first-order chi connectivity index (χ1) is 9.94. The normalized spacial score (nSPS) is 10.3. The highest BCUT2D eigenvalue weighted by molar-refractivity contribution is 5.87. The van der Waals surface area contributed by atoms with Gasteiger partial charge in [-0.05, 0) is 6.42 Å². The van der Waals surface area contributed by atoms with Crippen molar-refractivity contribution in [3.63, 3.8) is 0 Å². The topological polar surface area (TPSA) is 117 Å². The fourth-order valence-electron chi connectivity index (χ4n) is 1.19. The SMILES string of the molecule is C=CC(=O)OCC(CO)(CO)COC(=O)C(=C)CCC#N. The number of hydrogen-bond donors (Lipinski definition) is 2. The van der Waals surface area contributed by atoms with Crippen LogP contribution >= 0.6 is 0 Å². The molecule has 0 aliphatic heterocycles. The molecule has 0 rings (SSSR count). The maximum Gasteiger partial charge on any atom is 0.333 e. The van der Waals surface area contributed by atoms with Gasteiger partial charge in [-0.1, -0.05) is 13.2 Å². The van der Waals surface area contributed by atoms with Gasteiger partial charge < -0.3 is 19.7 Å². The summed E-state index contributed by atoms with van der Waals surface area (Å²) >= 11 is 0. The van der Waals surface area contributed by atoms with Gasteiger partial charge in [0.2, 0.25) is 0 Å². The molecule has 116 valence electrons. The molecule has 0 saturated heterocycles. The largest absolute Gasteiger partial charge is 0.462 e. The van der Waals surface area contributed by atoms with Gasteiger partial charge in [0.15, 0.2) is 0 Å². The Morgan fingerprint density at radius 3 is 2.29 bits per heavy atom. The van der Waals surface area contributed by atoms with E-state index in [1.165, 1.54) is 0 Å². The van der Waals surface area contributed by atoms with Crippen LogP contribution in [0.3, 0.4) is 0 Å². The summed E-state index contributed by atoms with van der Waals surface area (Å²) in [7, 11) is 0. The molecule has 0 aromatic rings. The molecule has 0 aromatic heterocycles. The van der Waals surface area contributed by atoms with Crippen LogP contribution < -0.4 is 0 Å². The summed E-state index contributed by atoms with van der Waals surface area (Å²) in [5.41, 5.74) is -1.19. The number of carbonyl (C=O) groups excluding carboxylic acids is 2. The minimum atomic E-state index is -1.30. The van der Waals surface area contributed by atoms with E-state index in [2.05, 4.69) is 13.2 Å². The Morgan fingerprint density at radius 1 is 1.24 bits per heavy atom. The zero-order valence-electron chi connectivity index (χ0n) is 11.7. The first-order valence-corrected chi connectivity index (χ1v) is 6.17. The lowest BCUT2D eigenvalue weighted by Gasteiger charge is -2.28. The molecular formula is C14H19NO6. The van der Waals surface area contributed by atoms with Gasteiger partial charge in [0.05, 0.1) is 24.7 Å². The summed E-state index contributed by atoms with van der Waals surface area (Å²) in [5, 5.41) is 27.1. The molecule has 0 spiro atoms. The van der Waals surface area contributed by atoms with E-state index >= 15 is 0 Å². The maximum absolute atomic E-state index is 11.6. The fourth-order valence-corrected chi connectivity index (χ4v) is 1.19. The third-order valence-electron chi connectivity index (χ3n) is 2.69. The predicted molar refractivity (Wildman–Crippen MR) is 72.7 cm³/mol. The van der Waals surface area contributed by atoms with Gasteiger partial charge in [-0.25, -0.2) is 9.59 Å². The van der Waals surface area contributed by atoms with Gasteiger partial charge in [-0.15, -0.1) is 0 Å². The molecule has 0 saturated carbocycles. The Morgan fingerprint density at radius 2 is 1.81 bits per heavy atom. The zero-order valence-corrected chi connectivity index (χ0v) is 11.7. The number of nitrogens with zero attached hydrogens (tertiary/aromatic N) is 1. The van der Waals surface area contributed by atoms with Crippen molar-refractivity contribution in [3.8, 4) is 6.07 Å². The van der Waals surface area contributed by atoms with E-state index in [1.807, 2.05) is 6.07 Å². The molecular weight excluding hydrogens is 278 g/mol. The molecule has 7 heteroatoms. The molecule has 0 aromatic carbocycles. The minimum absolute atomic E-state index is 0.115.